The minimum absolute atomic E-state index is 0.00889. The highest BCUT2D eigenvalue weighted by atomic mass is 32.1. The molecule has 5 nitrogen and oxygen atoms in total. The van der Waals surface area contributed by atoms with Crippen LogP contribution in [0.25, 0.3) is 0 Å². The van der Waals surface area contributed by atoms with E-state index in [4.69, 9.17) is 0 Å². The predicted molar refractivity (Wildman–Crippen MR) is 87.6 cm³/mol. The predicted octanol–water partition coefficient (Wildman–Crippen LogP) is 3.14. The van der Waals surface area contributed by atoms with Crippen molar-refractivity contribution in [3.63, 3.8) is 0 Å². The molecule has 1 aliphatic rings. The third-order valence-electron chi connectivity index (χ3n) is 3.72. The first-order chi connectivity index (χ1) is 11.0. The van der Waals surface area contributed by atoms with Gasteiger partial charge in [-0.15, -0.1) is 11.3 Å². The molecule has 0 fully saturated rings. The summed E-state index contributed by atoms with van der Waals surface area (Å²) in [6, 6.07) is 2.76. The Hall–Kier alpha value is -2.28. The molecule has 0 saturated heterocycles. The lowest BCUT2D eigenvalue weighted by atomic mass is 9.99. The van der Waals surface area contributed by atoms with Crippen LogP contribution in [0.2, 0.25) is 0 Å². The van der Waals surface area contributed by atoms with E-state index in [1.165, 1.54) is 28.4 Å². The minimum Gasteiger partial charge on any atom is -0.326 e. The third-order valence-corrected chi connectivity index (χ3v) is 4.70. The maximum absolute atomic E-state index is 14.4. The number of hydrogen-bond acceptors (Lipinski definition) is 4. The van der Waals surface area contributed by atoms with E-state index in [9.17, 15) is 14.0 Å². The Morgan fingerprint density at radius 2 is 2.22 bits per heavy atom. The summed E-state index contributed by atoms with van der Waals surface area (Å²) in [6.45, 7) is 4.07. The van der Waals surface area contributed by atoms with E-state index >= 15 is 0 Å². The highest BCUT2D eigenvalue weighted by molar-refractivity contribution is 7.14. The topological polar surface area (TPSA) is 62.3 Å². The summed E-state index contributed by atoms with van der Waals surface area (Å²) in [5.41, 5.74) is 2.06. The van der Waals surface area contributed by atoms with Gasteiger partial charge in [0.05, 0.1) is 11.3 Å². The SMILES string of the molecule is CCN(C(=O)c1cc2c(cc1F)NC(=O)CC2)c1nc(C)cs1. The maximum atomic E-state index is 14.4. The average molecular weight is 333 g/mol. The molecule has 1 aromatic heterocycles. The zero-order valence-electron chi connectivity index (χ0n) is 12.9. The zero-order valence-corrected chi connectivity index (χ0v) is 13.7. The number of rotatable bonds is 3. The number of carbonyl (C=O) groups is 2. The second-order valence-electron chi connectivity index (χ2n) is 5.36. The number of fused-ring (bicyclic) bond motifs is 1. The van der Waals surface area contributed by atoms with Gasteiger partial charge in [0, 0.05) is 24.0 Å². The molecule has 0 bridgehead atoms. The van der Waals surface area contributed by atoms with Gasteiger partial charge in [-0.1, -0.05) is 0 Å². The smallest absolute Gasteiger partial charge is 0.263 e. The van der Waals surface area contributed by atoms with E-state index in [-0.39, 0.29) is 11.5 Å². The number of benzene rings is 1. The third kappa shape index (κ3) is 2.96. The summed E-state index contributed by atoms with van der Waals surface area (Å²) >= 11 is 1.35. The number of aryl methyl sites for hydroxylation is 2. The van der Waals surface area contributed by atoms with Crippen molar-refractivity contribution in [2.75, 3.05) is 16.8 Å². The Bertz CT molecular complexity index is 788. The summed E-state index contributed by atoms with van der Waals surface area (Å²) in [4.78, 5) is 29.9. The number of anilines is 2. The monoisotopic (exact) mass is 333 g/mol. The van der Waals surface area contributed by atoms with Gasteiger partial charge in [0.2, 0.25) is 5.91 Å². The molecule has 1 N–H and O–H groups in total. The lowest BCUT2D eigenvalue weighted by Gasteiger charge is -2.21. The van der Waals surface area contributed by atoms with Crippen LogP contribution in [0.15, 0.2) is 17.5 Å². The van der Waals surface area contributed by atoms with Crippen molar-refractivity contribution < 1.29 is 14.0 Å². The van der Waals surface area contributed by atoms with Gasteiger partial charge in [-0.3, -0.25) is 14.5 Å². The van der Waals surface area contributed by atoms with Crippen molar-refractivity contribution in [2.24, 2.45) is 0 Å². The quantitative estimate of drug-likeness (QED) is 0.938. The number of halogens is 1. The molecule has 23 heavy (non-hydrogen) atoms. The van der Waals surface area contributed by atoms with Crippen LogP contribution in [0.5, 0.6) is 0 Å². The van der Waals surface area contributed by atoms with Gasteiger partial charge in [0.1, 0.15) is 5.82 Å². The van der Waals surface area contributed by atoms with Crippen LogP contribution in [0.3, 0.4) is 0 Å². The second kappa shape index (κ2) is 6.08. The molecule has 2 aromatic rings. The van der Waals surface area contributed by atoms with Crippen molar-refractivity contribution in [3.05, 3.63) is 40.2 Å². The summed E-state index contributed by atoms with van der Waals surface area (Å²) < 4.78 is 14.4. The Morgan fingerprint density at radius 3 is 2.87 bits per heavy atom. The summed E-state index contributed by atoms with van der Waals surface area (Å²) in [6.07, 6.45) is 0.847. The van der Waals surface area contributed by atoms with Gasteiger partial charge >= 0.3 is 0 Å². The minimum atomic E-state index is -0.636. The number of nitrogens with one attached hydrogen (secondary N) is 1. The summed E-state index contributed by atoms with van der Waals surface area (Å²) in [5.74, 6) is -1.19. The van der Waals surface area contributed by atoms with Crippen LogP contribution in [0, 0.1) is 12.7 Å². The van der Waals surface area contributed by atoms with E-state index < -0.39 is 11.7 Å². The van der Waals surface area contributed by atoms with Crippen LogP contribution in [-0.2, 0) is 11.2 Å². The number of amides is 2. The van der Waals surface area contributed by atoms with Gasteiger partial charge < -0.3 is 5.32 Å². The number of carbonyl (C=O) groups excluding carboxylic acids is 2. The lowest BCUT2D eigenvalue weighted by Crippen LogP contribution is -2.31. The number of nitrogens with zero attached hydrogens (tertiary/aromatic N) is 2. The highest BCUT2D eigenvalue weighted by Gasteiger charge is 2.25. The van der Waals surface area contributed by atoms with Crippen LogP contribution in [-0.4, -0.2) is 23.3 Å². The molecule has 0 aliphatic carbocycles. The van der Waals surface area contributed by atoms with Gasteiger partial charge in [-0.25, -0.2) is 9.37 Å². The standard InChI is InChI=1S/C16H16FN3O2S/c1-3-20(16-18-9(2)8-23-16)15(22)11-6-10-4-5-14(21)19-13(10)7-12(11)17/h6-8H,3-5H2,1-2H3,(H,19,21). The first-order valence-electron chi connectivity index (χ1n) is 7.36. The van der Waals surface area contributed by atoms with E-state index in [2.05, 4.69) is 10.3 Å². The van der Waals surface area contributed by atoms with Crippen molar-refractivity contribution in [1.82, 2.24) is 4.98 Å². The second-order valence-corrected chi connectivity index (χ2v) is 6.19. The fourth-order valence-electron chi connectivity index (χ4n) is 2.54. The van der Waals surface area contributed by atoms with Crippen molar-refractivity contribution in [3.8, 4) is 0 Å². The van der Waals surface area contributed by atoms with Crippen LogP contribution < -0.4 is 10.2 Å². The van der Waals surface area contributed by atoms with Crippen LogP contribution in [0.1, 0.15) is 35.0 Å². The average Bonchev–Trinajstić information content (AvgIpc) is 2.93. The zero-order chi connectivity index (χ0) is 16.6. The molecule has 2 amide bonds. The maximum Gasteiger partial charge on any atom is 0.263 e. The number of aromatic nitrogens is 1. The molecular weight excluding hydrogens is 317 g/mol. The van der Waals surface area contributed by atoms with E-state index in [1.807, 2.05) is 19.2 Å². The molecule has 120 valence electrons. The lowest BCUT2D eigenvalue weighted by molar-refractivity contribution is -0.116. The fourth-order valence-corrected chi connectivity index (χ4v) is 3.41. The molecule has 0 atom stereocenters. The molecular formula is C16H16FN3O2S. The Kier molecular flexibility index (Phi) is 4.12. The molecule has 0 spiro atoms. The molecule has 2 heterocycles. The van der Waals surface area contributed by atoms with Gasteiger partial charge in [-0.2, -0.15) is 0 Å². The van der Waals surface area contributed by atoms with E-state index in [0.29, 0.717) is 30.2 Å². The summed E-state index contributed by atoms with van der Waals surface area (Å²) in [5, 5.41) is 5.04. The van der Waals surface area contributed by atoms with Crippen molar-refractivity contribution in [2.45, 2.75) is 26.7 Å². The Balaban J connectivity index is 1.97. The van der Waals surface area contributed by atoms with Gasteiger partial charge in [0.15, 0.2) is 5.13 Å². The normalized spacial score (nSPS) is 13.4. The molecule has 1 aliphatic heterocycles. The van der Waals surface area contributed by atoms with Crippen molar-refractivity contribution >= 4 is 34.0 Å². The van der Waals surface area contributed by atoms with E-state index in [1.54, 1.807) is 0 Å². The first-order valence-corrected chi connectivity index (χ1v) is 8.23. The van der Waals surface area contributed by atoms with E-state index in [0.717, 1.165) is 11.3 Å². The number of thiazole rings is 1. The van der Waals surface area contributed by atoms with Crippen LogP contribution >= 0.6 is 11.3 Å². The highest BCUT2D eigenvalue weighted by Crippen LogP contribution is 2.28. The largest absolute Gasteiger partial charge is 0.326 e. The number of hydrogen-bond donors (Lipinski definition) is 1. The molecule has 1 aromatic carbocycles. The first kappa shape index (κ1) is 15.6. The fraction of sp³-hybridized carbons (Fsp3) is 0.312. The molecule has 3 rings (SSSR count). The Morgan fingerprint density at radius 1 is 1.43 bits per heavy atom. The molecule has 0 saturated carbocycles. The Labute approximate surface area is 137 Å². The molecule has 0 radical (unpaired) electrons. The van der Waals surface area contributed by atoms with Gasteiger partial charge in [-0.05, 0) is 38.0 Å². The van der Waals surface area contributed by atoms with Crippen LogP contribution in [0.4, 0.5) is 15.2 Å². The molecule has 7 heteroatoms. The molecule has 0 unspecified atom stereocenters. The summed E-state index contributed by atoms with van der Waals surface area (Å²) in [7, 11) is 0. The van der Waals surface area contributed by atoms with Crippen molar-refractivity contribution in [1.29, 1.82) is 0 Å². The van der Waals surface area contributed by atoms with Gasteiger partial charge in [0.25, 0.3) is 5.91 Å².